The number of hydrogen-bond acceptors (Lipinski definition) is 4. The molecule has 3 N–H and O–H groups in total. The fourth-order valence-corrected chi connectivity index (χ4v) is 2.43. The first-order chi connectivity index (χ1) is 11.8. The normalized spacial score (nSPS) is 11.2. The second-order valence-corrected chi connectivity index (χ2v) is 6.84. The predicted octanol–water partition coefficient (Wildman–Crippen LogP) is 2.96. The number of carbonyl (C=O) groups excluding carboxylic acids is 2. The van der Waals surface area contributed by atoms with Gasteiger partial charge in [0.05, 0.1) is 6.54 Å². The Morgan fingerprint density at radius 1 is 1.12 bits per heavy atom. The third-order valence-corrected chi connectivity index (χ3v) is 3.55. The van der Waals surface area contributed by atoms with Crippen molar-refractivity contribution in [3.63, 3.8) is 0 Å². The number of nitrogens with two attached hydrogens (primary N) is 1. The number of hydrazine groups is 1. The van der Waals surface area contributed by atoms with Crippen LogP contribution in [0.3, 0.4) is 0 Å². The van der Waals surface area contributed by atoms with Gasteiger partial charge in [-0.25, -0.2) is 10.6 Å². The van der Waals surface area contributed by atoms with Crippen LogP contribution >= 0.6 is 0 Å². The summed E-state index contributed by atoms with van der Waals surface area (Å²) in [6.07, 6.45) is -0.432. The molecule has 2 aromatic rings. The first-order valence-electron chi connectivity index (χ1n) is 8.25. The van der Waals surface area contributed by atoms with Gasteiger partial charge in [-0.3, -0.25) is 9.80 Å². The third kappa shape index (κ3) is 5.76. The van der Waals surface area contributed by atoms with Crippen molar-refractivity contribution in [1.82, 2.24) is 10.3 Å². The van der Waals surface area contributed by atoms with Gasteiger partial charge in [0, 0.05) is 13.0 Å². The summed E-state index contributed by atoms with van der Waals surface area (Å²) in [6.45, 7) is 5.83. The van der Waals surface area contributed by atoms with Gasteiger partial charge in [0.25, 0.3) is 0 Å². The minimum Gasteiger partial charge on any atom is -0.444 e. The molecule has 0 aliphatic heterocycles. The number of hydrogen-bond donors (Lipinski definition) is 2. The fourth-order valence-electron chi connectivity index (χ4n) is 2.43. The van der Waals surface area contributed by atoms with Gasteiger partial charge < -0.3 is 10.1 Å². The van der Waals surface area contributed by atoms with Gasteiger partial charge in [-0.05, 0) is 37.1 Å². The number of ether oxygens (including phenoxy) is 1. The maximum atomic E-state index is 12.2. The molecule has 2 amide bonds. The predicted molar refractivity (Wildman–Crippen MR) is 97.5 cm³/mol. The van der Waals surface area contributed by atoms with Gasteiger partial charge in [0.2, 0.25) is 5.91 Å². The quantitative estimate of drug-likeness (QED) is 0.496. The van der Waals surface area contributed by atoms with Crippen molar-refractivity contribution in [2.75, 3.05) is 6.54 Å². The molecule has 2 aromatic carbocycles. The Morgan fingerprint density at radius 2 is 1.80 bits per heavy atom. The molecule has 6 nitrogen and oxygen atoms in total. The standard InChI is InChI=1S/C19H25N3O3/c1-19(2,3)25-18(24)21-12-11-17(23)22(20)13-15-9-6-8-14-7-4-5-10-16(14)15/h4-10H,11-13,20H2,1-3H3,(H,21,24). The van der Waals surface area contributed by atoms with E-state index >= 15 is 0 Å². The maximum Gasteiger partial charge on any atom is 0.407 e. The zero-order chi connectivity index (χ0) is 18.4. The number of nitrogens with zero attached hydrogens (tertiary/aromatic N) is 1. The van der Waals surface area contributed by atoms with Gasteiger partial charge in [0.1, 0.15) is 5.60 Å². The van der Waals surface area contributed by atoms with E-state index in [0.29, 0.717) is 6.54 Å². The number of benzene rings is 2. The van der Waals surface area contributed by atoms with Gasteiger partial charge >= 0.3 is 6.09 Å². The Morgan fingerprint density at radius 3 is 2.52 bits per heavy atom. The van der Waals surface area contributed by atoms with Crippen LogP contribution in [-0.2, 0) is 16.1 Å². The summed E-state index contributed by atoms with van der Waals surface area (Å²) in [4.78, 5) is 23.7. The lowest BCUT2D eigenvalue weighted by Crippen LogP contribution is -2.39. The topological polar surface area (TPSA) is 84.7 Å². The molecule has 2 rings (SSSR count). The molecule has 6 heteroatoms. The molecule has 0 spiro atoms. The lowest BCUT2D eigenvalue weighted by atomic mass is 10.0. The van der Waals surface area contributed by atoms with Crippen LogP contribution in [0, 0.1) is 0 Å². The zero-order valence-electron chi connectivity index (χ0n) is 14.9. The summed E-state index contributed by atoms with van der Waals surface area (Å²) >= 11 is 0. The summed E-state index contributed by atoms with van der Waals surface area (Å²) in [6, 6.07) is 13.9. The molecule has 134 valence electrons. The van der Waals surface area contributed by atoms with Crippen molar-refractivity contribution in [1.29, 1.82) is 0 Å². The molecule has 0 aliphatic rings. The molecule has 0 saturated carbocycles. The lowest BCUT2D eigenvalue weighted by molar-refractivity contribution is -0.131. The second-order valence-electron chi connectivity index (χ2n) is 6.84. The van der Waals surface area contributed by atoms with E-state index in [0.717, 1.165) is 16.3 Å². The van der Waals surface area contributed by atoms with Crippen molar-refractivity contribution < 1.29 is 14.3 Å². The van der Waals surface area contributed by atoms with E-state index in [1.54, 1.807) is 20.8 Å². The highest BCUT2D eigenvalue weighted by molar-refractivity contribution is 5.86. The highest BCUT2D eigenvalue weighted by Gasteiger charge is 2.17. The molecule has 25 heavy (non-hydrogen) atoms. The van der Waals surface area contributed by atoms with E-state index in [4.69, 9.17) is 10.6 Å². The number of rotatable bonds is 5. The van der Waals surface area contributed by atoms with Gasteiger partial charge in [-0.15, -0.1) is 0 Å². The summed E-state index contributed by atoms with van der Waals surface area (Å²) in [5.74, 6) is 5.65. The molecule has 0 heterocycles. The molecule has 0 unspecified atom stereocenters. The number of amides is 2. The molecular weight excluding hydrogens is 318 g/mol. The van der Waals surface area contributed by atoms with Crippen molar-refractivity contribution in [2.24, 2.45) is 5.84 Å². The molecule has 0 aromatic heterocycles. The van der Waals surface area contributed by atoms with E-state index < -0.39 is 11.7 Å². The summed E-state index contributed by atoms with van der Waals surface area (Å²) in [7, 11) is 0. The van der Waals surface area contributed by atoms with E-state index in [2.05, 4.69) is 5.32 Å². The largest absolute Gasteiger partial charge is 0.444 e. The van der Waals surface area contributed by atoms with E-state index in [1.807, 2.05) is 42.5 Å². The lowest BCUT2D eigenvalue weighted by Gasteiger charge is -2.20. The van der Waals surface area contributed by atoms with E-state index in [-0.39, 0.29) is 18.9 Å². The minimum absolute atomic E-state index is 0.112. The van der Waals surface area contributed by atoms with Crippen molar-refractivity contribution in [3.8, 4) is 0 Å². The van der Waals surface area contributed by atoms with E-state index in [9.17, 15) is 9.59 Å². The molecule has 0 radical (unpaired) electrons. The SMILES string of the molecule is CC(C)(C)OC(=O)NCCC(=O)N(N)Cc1cccc2ccccc12. The van der Waals surface area contributed by atoms with Crippen LogP contribution in [0.1, 0.15) is 32.8 Å². The summed E-state index contributed by atoms with van der Waals surface area (Å²) in [5, 5.41) is 5.91. The average Bonchev–Trinajstić information content (AvgIpc) is 2.53. The van der Waals surface area contributed by atoms with Crippen LogP contribution in [0.15, 0.2) is 42.5 Å². The van der Waals surface area contributed by atoms with Crippen molar-refractivity contribution in [2.45, 2.75) is 39.3 Å². The van der Waals surface area contributed by atoms with Crippen LogP contribution < -0.4 is 11.2 Å². The molecular formula is C19H25N3O3. The maximum absolute atomic E-state index is 12.2. The van der Waals surface area contributed by atoms with Crippen LogP contribution in [0.5, 0.6) is 0 Å². The van der Waals surface area contributed by atoms with Crippen LogP contribution in [-0.4, -0.2) is 29.2 Å². The third-order valence-electron chi connectivity index (χ3n) is 3.55. The first kappa shape index (κ1) is 18.7. The van der Waals surface area contributed by atoms with Crippen LogP contribution in [0.2, 0.25) is 0 Å². The average molecular weight is 343 g/mol. The number of nitrogens with one attached hydrogen (secondary N) is 1. The number of fused-ring (bicyclic) bond motifs is 1. The Balaban J connectivity index is 1.87. The Bertz CT molecular complexity index is 748. The molecule has 0 aliphatic carbocycles. The Hall–Kier alpha value is -2.60. The highest BCUT2D eigenvalue weighted by Crippen LogP contribution is 2.19. The second kappa shape index (κ2) is 7.98. The van der Waals surface area contributed by atoms with Crippen molar-refractivity contribution in [3.05, 3.63) is 48.0 Å². The number of carbonyl (C=O) groups is 2. The van der Waals surface area contributed by atoms with Gasteiger partial charge in [-0.1, -0.05) is 42.5 Å². The minimum atomic E-state index is -0.567. The Kier molecular flexibility index (Phi) is 5.98. The molecule has 0 saturated heterocycles. The molecule has 0 bridgehead atoms. The zero-order valence-corrected chi connectivity index (χ0v) is 14.9. The Labute approximate surface area is 147 Å². The summed E-state index contributed by atoms with van der Waals surface area (Å²) in [5.41, 5.74) is 0.414. The molecule has 0 atom stereocenters. The number of alkyl carbamates (subject to hydrolysis) is 1. The first-order valence-corrected chi connectivity index (χ1v) is 8.25. The van der Waals surface area contributed by atoms with Gasteiger partial charge in [0.15, 0.2) is 0 Å². The molecule has 0 fully saturated rings. The van der Waals surface area contributed by atoms with Crippen molar-refractivity contribution >= 4 is 22.8 Å². The van der Waals surface area contributed by atoms with E-state index in [1.165, 1.54) is 5.01 Å². The highest BCUT2D eigenvalue weighted by atomic mass is 16.6. The van der Waals surface area contributed by atoms with Crippen LogP contribution in [0.4, 0.5) is 4.79 Å². The monoisotopic (exact) mass is 343 g/mol. The smallest absolute Gasteiger partial charge is 0.407 e. The van der Waals surface area contributed by atoms with Crippen LogP contribution in [0.25, 0.3) is 10.8 Å². The summed E-state index contributed by atoms with van der Waals surface area (Å²) < 4.78 is 5.12. The fraction of sp³-hybridized carbons (Fsp3) is 0.368. The van der Waals surface area contributed by atoms with Gasteiger partial charge in [-0.2, -0.15) is 0 Å².